The molecule has 0 saturated carbocycles. The van der Waals surface area contributed by atoms with E-state index >= 15 is 0 Å². The largest absolute Gasteiger partial charge is 0.309 e. The average molecular weight is 731 g/mol. The Balaban J connectivity index is 1.20. The van der Waals surface area contributed by atoms with Gasteiger partial charge in [-0.3, -0.25) is 0 Å². The lowest BCUT2D eigenvalue weighted by molar-refractivity contribution is 0.868. The van der Waals surface area contributed by atoms with Crippen LogP contribution >= 0.6 is 0 Å². The molecule has 1 aliphatic rings. The third-order valence-corrected chi connectivity index (χ3v) is 11.6. The van der Waals surface area contributed by atoms with E-state index < -0.39 is 0 Å². The standard InChI is InChI=1S/C53H38N4/c1-35-41-32-30-36-16-8-9-23-42(36)52(41)57-49-29-13-10-24-43(49)45-26-14-19-38(51(45)57)20-15-27-47(37-17-4-2-5-18-37)55-53(54-35)39-31-33-50-46(34-39)44-25-11-12-28-48(44)56(50)40-21-6-3-7-22-40/h2-14,16-19,21-26,28-34H,1,15,20,27H2/b54-53-,55-47+. The molecule has 0 fully saturated rings. The van der Waals surface area contributed by atoms with Crippen molar-refractivity contribution in [2.45, 2.75) is 19.3 Å². The monoisotopic (exact) mass is 730 g/mol. The van der Waals surface area contributed by atoms with Gasteiger partial charge in [0.2, 0.25) is 0 Å². The maximum Gasteiger partial charge on any atom is 0.160 e. The first-order chi connectivity index (χ1) is 28.2. The van der Waals surface area contributed by atoms with Gasteiger partial charge in [-0.2, -0.15) is 0 Å². The molecular formula is C53H38N4. The van der Waals surface area contributed by atoms with Crippen LogP contribution in [0.1, 0.15) is 35.1 Å². The van der Waals surface area contributed by atoms with Crippen molar-refractivity contribution in [2.24, 2.45) is 9.98 Å². The van der Waals surface area contributed by atoms with Gasteiger partial charge in [-0.15, -0.1) is 0 Å². The summed E-state index contributed by atoms with van der Waals surface area (Å²) in [6, 6.07) is 65.2. The topological polar surface area (TPSA) is 34.6 Å². The van der Waals surface area contributed by atoms with E-state index in [-0.39, 0.29) is 0 Å². The van der Waals surface area contributed by atoms with Gasteiger partial charge >= 0.3 is 0 Å². The van der Waals surface area contributed by atoms with E-state index in [1.165, 1.54) is 38.1 Å². The summed E-state index contributed by atoms with van der Waals surface area (Å²) < 4.78 is 4.83. The minimum atomic E-state index is 0.649. The number of benzene rings is 8. The van der Waals surface area contributed by atoms with Crippen molar-refractivity contribution in [3.05, 3.63) is 211 Å². The number of rotatable bonds is 3. The summed E-state index contributed by atoms with van der Waals surface area (Å²) in [5, 5.41) is 7.17. The van der Waals surface area contributed by atoms with Crippen molar-refractivity contribution >= 4 is 71.6 Å². The fourth-order valence-electron chi connectivity index (χ4n) is 9.03. The van der Waals surface area contributed by atoms with E-state index in [2.05, 4.69) is 191 Å². The van der Waals surface area contributed by atoms with Crippen LogP contribution < -0.4 is 0 Å². The van der Waals surface area contributed by atoms with E-state index in [9.17, 15) is 0 Å². The fourth-order valence-corrected chi connectivity index (χ4v) is 9.03. The highest BCUT2D eigenvalue weighted by Gasteiger charge is 2.22. The minimum absolute atomic E-state index is 0.649. The van der Waals surface area contributed by atoms with Gasteiger partial charge in [0, 0.05) is 43.7 Å². The van der Waals surface area contributed by atoms with E-state index in [4.69, 9.17) is 16.6 Å². The highest BCUT2D eigenvalue weighted by molar-refractivity contribution is 6.18. The third-order valence-electron chi connectivity index (χ3n) is 11.6. The molecule has 0 saturated heterocycles. The lowest BCUT2D eigenvalue weighted by atomic mass is 9.99. The lowest BCUT2D eigenvalue weighted by Crippen LogP contribution is -2.08. The summed E-state index contributed by atoms with van der Waals surface area (Å²) in [4.78, 5) is 11.0. The van der Waals surface area contributed by atoms with Crippen LogP contribution in [0.15, 0.2) is 199 Å². The molecule has 0 radical (unpaired) electrons. The summed E-state index contributed by atoms with van der Waals surface area (Å²) in [7, 11) is 0. The van der Waals surface area contributed by atoms with E-state index in [0.717, 1.165) is 74.8 Å². The van der Waals surface area contributed by atoms with Crippen LogP contribution in [-0.2, 0) is 6.42 Å². The quantitative estimate of drug-likeness (QED) is 0.173. The lowest BCUT2D eigenvalue weighted by Gasteiger charge is -2.18. The molecule has 0 atom stereocenters. The SMILES string of the molecule is C=C1/N=C(c2ccc3c(c2)c2ccccc2n3-c2ccccc2)\N=C(\c2ccccc2)CCCc2cccc3c4ccccc4n(c23)-c2c1ccc1ccccc21. The van der Waals surface area contributed by atoms with E-state index in [0.29, 0.717) is 11.5 Å². The van der Waals surface area contributed by atoms with Crippen LogP contribution in [0, 0.1) is 0 Å². The fraction of sp³-hybridized carbons (Fsp3) is 0.0566. The van der Waals surface area contributed by atoms with Gasteiger partial charge in [0.15, 0.2) is 5.84 Å². The molecule has 0 N–H and O–H groups in total. The first kappa shape index (κ1) is 33.1. The molecule has 0 amide bonds. The van der Waals surface area contributed by atoms with Gasteiger partial charge in [0.25, 0.3) is 0 Å². The van der Waals surface area contributed by atoms with Crippen molar-refractivity contribution in [1.82, 2.24) is 9.13 Å². The van der Waals surface area contributed by atoms with Crippen LogP contribution in [0.3, 0.4) is 0 Å². The van der Waals surface area contributed by atoms with E-state index in [1.807, 2.05) is 0 Å². The number of amidine groups is 1. The molecule has 0 unspecified atom stereocenters. The predicted octanol–water partition coefficient (Wildman–Crippen LogP) is 13.3. The molecule has 3 heterocycles. The summed E-state index contributed by atoms with van der Waals surface area (Å²) >= 11 is 0. The van der Waals surface area contributed by atoms with Crippen molar-refractivity contribution in [3.63, 3.8) is 0 Å². The van der Waals surface area contributed by atoms with Gasteiger partial charge < -0.3 is 9.13 Å². The predicted molar refractivity (Wildman–Crippen MR) is 241 cm³/mol. The Labute approximate surface area is 331 Å². The van der Waals surface area contributed by atoms with Crippen molar-refractivity contribution in [1.29, 1.82) is 0 Å². The molecule has 0 aliphatic carbocycles. The van der Waals surface area contributed by atoms with Gasteiger partial charge in [0.1, 0.15) is 0 Å². The first-order valence-corrected chi connectivity index (χ1v) is 19.7. The van der Waals surface area contributed by atoms with Crippen molar-refractivity contribution in [3.8, 4) is 11.4 Å². The number of nitrogens with zero attached hydrogens (tertiary/aromatic N) is 4. The Kier molecular flexibility index (Phi) is 7.82. The Morgan fingerprint density at radius 2 is 1.11 bits per heavy atom. The zero-order valence-electron chi connectivity index (χ0n) is 31.4. The Bertz CT molecular complexity index is 3270. The maximum absolute atomic E-state index is 5.55. The van der Waals surface area contributed by atoms with Gasteiger partial charge in [-0.25, -0.2) is 9.98 Å². The van der Waals surface area contributed by atoms with Gasteiger partial charge in [0.05, 0.1) is 39.2 Å². The van der Waals surface area contributed by atoms with E-state index in [1.54, 1.807) is 0 Å². The Hall–Kier alpha value is -7.30. The highest BCUT2D eigenvalue weighted by atomic mass is 15.0. The van der Waals surface area contributed by atoms with Crippen LogP contribution in [0.2, 0.25) is 0 Å². The van der Waals surface area contributed by atoms with Crippen molar-refractivity contribution in [2.75, 3.05) is 0 Å². The number of hydrogen-bond acceptors (Lipinski definition) is 2. The molecule has 0 spiro atoms. The second kappa shape index (κ2) is 13.5. The highest BCUT2D eigenvalue weighted by Crippen LogP contribution is 2.41. The molecule has 8 aromatic carbocycles. The molecular weight excluding hydrogens is 693 g/mol. The van der Waals surface area contributed by atoms with Crippen LogP contribution in [0.4, 0.5) is 0 Å². The second-order valence-electron chi connectivity index (χ2n) is 14.9. The van der Waals surface area contributed by atoms with Crippen LogP contribution in [-0.4, -0.2) is 20.7 Å². The third kappa shape index (κ3) is 5.44. The number of aromatic nitrogens is 2. The molecule has 4 heteroatoms. The number of aryl methyl sites for hydroxylation is 1. The van der Waals surface area contributed by atoms with Crippen molar-refractivity contribution < 1.29 is 0 Å². The number of aliphatic imine (C=N–C) groups is 2. The van der Waals surface area contributed by atoms with Crippen LogP contribution in [0.5, 0.6) is 0 Å². The number of para-hydroxylation sites is 4. The number of hydrogen-bond donors (Lipinski definition) is 0. The smallest absolute Gasteiger partial charge is 0.160 e. The molecule has 2 aromatic heterocycles. The van der Waals surface area contributed by atoms with Gasteiger partial charge in [-0.05, 0) is 78.2 Å². The molecule has 1 aliphatic heterocycles. The van der Waals surface area contributed by atoms with Crippen LogP contribution in [0.25, 0.3) is 71.5 Å². The molecule has 270 valence electrons. The summed E-state index contributed by atoms with van der Waals surface area (Å²) in [5.41, 5.74) is 13.0. The first-order valence-electron chi connectivity index (χ1n) is 19.7. The Morgan fingerprint density at radius 3 is 1.91 bits per heavy atom. The Morgan fingerprint density at radius 1 is 0.456 bits per heavy atom. The summed E-state index contributed by atoms with van der Waals surface area (Å²) in [6.07, 6.45) is 2.62. The maximum atomic E-state index is 5.55. The average Bonchev–Trinajstić information content (AvgIpc) is 3.79. The molecule has 57 heavy (non-hydrogen) atoms. The molecule has 0 bridgehead atoms. The normalized spacial score (nSPS) is 15.5. The summed E-state index contributed by atoms with van der Waals surface area (Å²) in [5.74, 6) is 0.649. The molecule has 10 aromatic rings. The molecule has 4 nitrogen and oxygen atoms in total. The second-order valence-corrected chi connectivity index (χ2v) is 14.9. The zero-order valence-corrected chi connectivity index (χ0v) is 31.4. The molecule has 11 rings (SSSR count). The van der Waals surface area contributed by atoms with Gasteiger partial charge in [-0.1, -0.05) is 146 Å². The minimum Gasteiger partial charge on any atom is -0.309 e. The zero-order chi connectivity index (χ0) is 37.9. The number of fused-ring (bicyclic) bond motifs is 10. The summed E-state index contributed by atoms with van der Waals surface area (Å²) in [6.45, 7) is 4.75.